The second-order valence-corrected chi connectivity index (χ2v) is 6.74. The van der Waals surface area contributed by atoms with E-state index in [0.29, 0.717) is 5.56 Å². The molecule has 0 unspecified atom stereocenters. The van der Waals surface area contributed by atoms with E-state index < -0.39 is 0 Å². The molecule has 4 nitrogen and oxygen atoms in total. The molecule has 0 bridgehead atoms. The predicted molar refractivity (Wildman–Crippen MR) is 103 cm³/mol. The molecule has 26 heavy (non-hydrogen) atoms. The van der Waals surface area contributed by atoms with Crippen LogP contribution >= 0.6 is 0 Å². The molecule has 0 radical (unpaired) electrons. The molecule has 3 rings (SSSR count). The highest BCUT2D eigenvalue weighted by molar-refractivity contribution is 6.05. The molecule has 0 spiro atoms. The van der Waals surface area contributed by atoms with Gasteiger partial charge in [-0.2, -0.15) is 0 Å². The lowest BCUT2D eigenvalue weighted by Crippen LogP contribution is -2.39. The minimum atomic E-state index is -0.287. The Morgan fingerprint density at radius 2 is 1.62 bits per heavy atom. The quantitative estimate of drug-likeness (QED) is 0.807. The SMILES string of the molecule is Cc1ccc(C=C(NC(=O)c2ccccc2)C(=O)NC2CCCC2)cc1. The van der Waals surface area contributed by atoms with E-state index in [0.717, 1.165) is 36.8 Å². The predicted octanol–water partition coefficient (Wildman–Crippen LogP) is 3.82. The lowest BCUT2D eigenvalue weighted by Gasteiger charge is -2.15. The monoisotopic (exact) mass is 348 g/mol. The molecule has 2 aromatic carbocycles. The van der Waals surface area contributed by atoms with Crippen molar-refractivity contribution < 1.29 is 9.59 Å². The number of rotatable bonds is 5. The molecule has 134 valence electrons. The fourth-order valence-corrected chi connectivity index (χ4v) is 3.11. The van der Waals surface area contributed by atoms with Gasteiger partial charge in [0.1, 0.15) is 5.70 Å². The number of hydrogen-bond donors (Lipinski definition) is 2. The average molecular weight is 348 g/mol. The summed E-state index contributed by atoms with van der Waals surface area (Å²) < 4.78 is 0. The van der Waals surface area contributed by atoms with Crippen LogP contribution in [0.15, 0.2) is 60.3 Å². The van der Waals surface area contributed by atoms with Gasteiger partial charge < -0.3 is 10.6 Å². The molecule has 1 aliphatic rings. The van der Waals surface area contributed by atoms with Crippen molar-refractivity contribution in [3.63, 3.8) is 0 Å². The van der Waals surface area contributed by atoms with Crippen LogP contribution in [0.5, 0.6) is 0 Å². The molecule has 0 atom stereocenters. The normalized spacial score (nSPS) is 14.9. The van der Waals surface area contributed by atoms with Gasteiger partial charge in [-0.1, -0.05) is 60.9 Å². The maximum absolute atomic E-state index is 12.7. The molecule has 2 N–H and O–H groups in total. The zero-order valence-corrected chi connectivity index (χ0v) is 15.0. The summed E-state index contributed by atoms with van der Waals surface area (Å²) in [5.74, 6) is -0.521. The van der Waals surface area contributed by atoms with E-state index in [4.69, 9.17) is 0 Å². The van der Waals surface area contributed by atoms with Crippen molar-refractivity contribution in [3.05, 3.63) is 77.0 Å². The minimum absolute atomic E-state index is 0.192. The van der Waals surface area contributed by atoms with Crippen LogP contribution in [-0.4, -0.2) is 17.9 Å². The summed E-state index contributed by atoms with van der Waals surface area (Å²) in [5, 5.41) is 5.83. The Hall–Kier alpha value is -2.88. The summed E-state index contributed by atoms with van der Waals surface area (Å²) >= 11 is 0. The fourth-order valence-electron chi connectivity index (χ4n) is 3.11. The van der Waals surface area contributed by atoms with Crippen LogP contribution in [0.25, 0.3) is 6.08 Å². The van der Waals surface area contributed by atoms with E-state index in [9.17, 15) is 9.59 Å². The molecule has 1 aliphatic carbocycles. The second kappa shape index (κ2) is 8.48. The van der Waals surface area contributed by atoms with Gasteiger partial charge in [0.25, 0.3) is 11.8 Å². The summed E-state index contributed by atoms with van der Waals surface area (Å²) in [6, 6.07) is 17.0. The molecule has 1 saturated carbocycles. The van der Waals surface area contributed by atoms with Crippen LogP contribution in [0.1, 0.15) is 47.2 Å². The van der Waals surface area contributed by atoms with Crippen molar-refractivity contribution in [1.82, 2.24) is 10.6 Å². The zero-order valence-electron chi connectivity index (χ0n) is 15.0. The topological polar surface area (TPSA) is 58.2 Å². The van der Waals surface area contributed by atoms with Crippen LogP contribution in [0.2, 0.25) is 0 Å². The Labute approximate surface area is 154 Å². The molecular weight excluding hydrogens is 324 g/mol. The third-order valence-corrected chi connectivity index (χ3v) is 4.61. The maximum atomic E-state index is 12.7. The third-order valence-electron chi connectivity index (χ3n) is 4.61. The minimum Gasteiger partial charge on any atom is -0.348 e. The summed E-state index contributed by atoms with van der Waals surface area (Å²) in [5.41, 5.74) is 2.82. The molecule has 0 aromatic heterocycles. The second-order valence-electron chi connectivity index (χ2n) is 6.74. The van der Waals surface area contributed by atoms with Crippen molar-refractivity contribution in [2.45, 2.75) is 38.6 Å². The largest absolute Gasteiger partial charge is 0.348 e. The van der Waals surface area contributed by atoms with Crippen molar-refractivity contribution in [2.24, 2.45) is 0 Å². The summed E-state index contributed by atoms with van der Waals surface area (Å²) in [6.45, 7) is 2.01. The first-order valence-electron chi connectivity index (χ1n) is 9.07. The Morgan fingerprint density at radius 1 is 0.962 bits per heavy atom. The highest BCUT2D eigenvalue weighted by Gasteiger charge is 2.20. The van der Waals surface area contributed by atoms with Crippen molar-refractivity contribution in [1.29, 1.82) is 0 Å². The smallest absolute Gasteiger partial charge is 0.268 e. The van der Waals surface area contributed by atoms with Crippen LogP contribution in [0.4, 0.5) is 0 Å². The lowest BCUT2D eigenvalue weighted by molar-refractivity contribution is -0.118. The van der Waals surface area contributed by atoms with E-state index in [-0.39, 0.29) is 23.6 Å². The van der Waals surface area contributed by atoms with Crippen molar-refractivity contribution >= 4 is 17.9 Å². The van der Waals surface area contributed by atoms with E-state index in [2.05, 4.69) is 10.6 Å². The van der Waals surface area contributed by atoms with E-state index >= 15 is 0 Å². The van der Waals surface area contributed by atoms with Gasteiger partial charge in [-0.25, -0.2) is 0 Å². The van der Waals surface area contributed by atoms with E-state index in [1.807, 2.05) is 37.3 Å². The molecule has 2 amide bonds. The molecule has 0 aliphatic heterocycles. The lowest BCUT2D eigenvalue weighted by atomic mass is 10.1. The van der Waals surface area contributed by atoms with Gasteiger partial charge in [0.2, 0.25) is 0 Å². The van der Waals surface area contributed by atoms with E-state index in [1.54, 1.807) is 30.3 Å². The van der Waals surface area contributed by atoms with Crippen LogP contribution in [0.3, 0.4) is 0 Å². The van der Waals surface area contributed by atoms with Gasteiger partial charge in [0.15, 0.2) is 0 Å². The Bertz CT molecular complexity index is 789. The van der Waals surface area contributed by atoms with Gasteiger partial charge in [-0.3, -0.25) is 9.59 Å². The number of nitrogens with one attached hydrogen (secondary N) is 2. The van der Waals surface area contributed by atoms with Crippen LogP contribution < -0.4 is 10.6 Å². The van der Waals surface area contributed by atoms with Crippen molar-refractivity contribution in [2.75, 3.05) is 0 Å². The maximum Gasteiger partial charge on any atom is 0.268 e. The Morgan fingerprint density at radius 3 is 2.27 bits per heavy atom. The number of carbonyl (C=O) groups is 2. The molecule has 0 saturated heterocycles. The molecule has 4 heteroatoms. The number of aryl methyl sites for hydroxylation is 1. The zero-order chi connectivity index (χ0) is 18.4. The molecule has 2 aromatic rings. The first-order valence-corrected chi connectivity index (χ1v) is 9.07. The highest BCUT2D eigenvalue weighted by atomic mass is 16.2. The van der Waals surface area contributed by atoms with Gasteiger partial charge in [0, 0.05) is 11.6 Å². The highest BCUT2D eigenvalue weighted by Crippen LogP contribution is 2.18. The third kappa shape index (κ3) is 4.82. The van der Waals surface area contributed by atoms with Gasteiger partial charge >= 0.3 is 0 Å². The van der Waals surface area contributed by atoms with Crippen LogP contribution in [0, 0.1) is 6.92 Å². The fraction of sp³-hybridized carbons (Fsp3) is 0.273. The average Bonchev–Trinajstić information content (AvgIpc) is 3.16. The van der Waals surface area contributed by atoms with Crippen molar-refractivity contribution in [3.8, 4) is 0 Å². The number of hydrogen-bond acceptors (Lipinski definition) is 2. The van der Waals surface area contributed by atoms with Crippen LogP contribution in [-0.2, 0) is 4.79 Å². The molecule has 0 heterocycles. The summed E-state index contributed by atoms with van der Waals surface area (Å²) in [6.07, 6.45) is 5.99. The van der Waals surface area contributed by atoms with Gasteiger partial charge in [-0.15, -0.1) is 0 Å². The first kappa shape index (κ1) is 17.9. The standard InChI is InChI=1S/C22H24N2O2/c1-16-11-13-17(14-12-16)15-20(22(26)23-19-9-5-6-10-19)24-21(25)18-7-3-2-4-8-18/h2-4,7-8,11-15,19H,5-6,9-10H2,1H3,(H,23,26)(H,24,25). The number of benzene rings is 2. The number of carbonyl (C=O) groups excluding carboxylic acids is 2. The number of amides is 2. The first-order chi connectivity index (χ1) is 12.6. The van der Waals surface area contributed by atoms with E-state index in [1.165, 1.54) is 0 Å². The van der Waals surface area contributed by atoms with Gasteiger partial charge in [0.05, 0.1) is 0 Å². The summed E-state index contributed by atoms with van der Waals surface area (Å²) in [4.78, 5) is 25.3. The Kier molecular flexibility index (Phi) is 5.84. The molecular formula is C22H24N2O2. The molecule has 1 fully saturated rings. The summed E-state index contributed by atoms with van der Waals surface area (Å²) in [7, 11) is 0. The Balaban J connectivity index is 1.81. The van der Waals surface area contributed by atoms with Gasteiger partial charge in [-0.05, 0) is 43.5 Å².